The van der Waals surface area contributed by atoms with Crippen LogP contribution in [-0.4, -0.2) is 28.9 Å². The molecule has 0 aliphatic carbocycles. The van der Waals surface area contributed by atoms with Gasteiger partial charge in [0.15, 0.2) is 0 Å². The number of nitrogens with zero attached hydrogens (tertiary/aromatic N) is 2. The topological polar surface area (TPSA) is 58.4 Å². The summed E-state index contributed by atoms with van der Waals surface area (Å²) in [5.74, 6) is 0.767. The minimum atomic E-state index is -0.369. The Morgan fingerprint density at radius 3 is 2.70 bits per heavy atom. The highest BCUT2D eigenvalue weighted by Gasteiger charge is 2.26. The van der Waals surface area contributed by atoms with Crippen molar-refractivity contribution in [1.82, 2.24) is 15.2 Å². The summed E-state index contributed by atoms with van der Waals surface area (Å²) in [5, 5.41) is 5.40. The molecule has 1 amide bonds. The second kappa shape index (κ2) is 8.50. The predicted molar refractivity (Wildman–Crippen MR) is 106 cm³/mol. The molecule has 0 saturated carbocycles. The minimum absolute atomic E-state index is 0.142. The third kappa shape index (κ3) is 4.28. The van der Waals surface area contributed by atoms with E-state index in [4.69, 9.17) is 4.42 Å². The van der Waals surface area contributed by atoms with Crippen LogP contribution in [0.2, 0.25) is 0 Å². The molecule has 1 fully saturated rings. The first-order valence-electron chi connectivity index (χ1n) is 9.36. The Labute approximate surface area is 163 Å². The van der Waals surface area contributed by atoms with Crippen molar-refractivity contribution in [2.24, 2.45) is 0 Å². The summed E-state index contributed by atoms with van der Waals surface area (Å²) in [6.45, 7) is 2.17. The second-order valence-electron chi connectivity index (χ2n) is 6.73. The number of benzene rings is 1. The van der Waals surface area contributed by atoms with Crippen LogP contribution in [0.25, 0.3) is 10.8 Å². The van der Waals surface area contributed by atoms with E-state index in [1.54, 1.807) is 17.6 Å². The van der Waals surface area contributed by atoms with Crippen molar-refractivity contribution >= 4 is 17.2 Å². The molecule has 1 saturated heterocycles. The summed E-state index contributed by atoms with van der Waals surface area (Å²) in [6, 6.07) is 13.5. The predicted octanol–water partition coefficient (Wildman–Crippen LogP) is 4.25. The highest BCUT2D eigenvalue weighted by molar-refractivity contribution is 7.13. The average Bonchev–Trinajstić information content (AvgIpc) is 3.41. The van der Waals surface area contributed by atoms with Crippen LogP contribution in [0.4, 0.5) is 0 Å². The van der Waals surface area contributed by atoms with Crippen LogP contribution in [0.5, 0.6) is 0 Å². The summed E-state index contributed by atoms with van der Waals surface area (Å²) in [4.78, 5) is 20.7. The van der Waals surface area contributed by atoms with E-state index in [0.29, 0.717) is 12.4 Å². The van der Waals surface area contributed by atoms with E-state index in [9.17, 15) is 4.79 Å². The van der Waals surface area contributed by atoms with Gasteiger partial charge in [0.2, 0.25) is 11.8 Å². The smallest absolute Gasteiger partial charge is 0.244 e. The summed E-state index contributed by atoms with van der Waals surface area (Å²) >= 11 is 1.60. The number of thiophene rings is 1. The first kappa shape index (κ1) is 17.9. The molecule has 0 radical (unpaired) electrons. The fourth-order valence-corrected chi connectivity index (χ4v) is 4.05. The molecular weight excluding hydrogens is 358 g/mol. The summed E-state index contributed by atoms with van der Waals surface area (Å²) < 4.78 is 5.59. The zero-order valence-corrected chi connectivity index (χ0v) is 16.0. The van der Waals surface area contributed by atoms with E-state index in [1.165, 1.54) is 6.42 Å². The molecule has 0 unspecified atom stereocenters. The Kier molecular flexibility index (Phi) is 5.65. The third-order valence-corrected chi connectivity index (χ3v) is 5.68. The van der Waals surface area contributed by atoms with Gasteiger partial charge in [-0.1, -0.05) is 36.4 Å². The Morgan fingerprint density at radius 1 is 1.15 bits per heavy atom. The zero-order valence-electron chi connectivity index (χ0n) is 15.1. The van der Waals surface area contributed by atoms with Crippen molar-refractivity contribution in [3.05, 3.63) is 65.4 Å². The summed E-state index contributed by atoms with van der Waals surface area (Å²) in [6.07, 6.45) is 5.04. The van der Waals surface area contributed by atoms with Crippen molar-refractivity contribution in [1.29, 1.82) is 0 Å². The molecule has 4 rings (SSSR count). The van der Waals surface area contributed by atoms with Gasteiger partial charge in [-0.2, -0.15) is 0 Å². The van der Waals surface area contributed by atoms with Gasteiger partial charge < -0.3 is 9.32 Å². The third-order valence-electron chi connectivity index (χ3n) is 4.82. The highest BCUT2D eigenvalue weighted by Crippen LogP contribution is 2.24. The Bertz CT molecular complexity index is 855. The van der Waals surface area contributed by atoms with E-state index >= 15 is 0 Å². The first-order valence-corrected chi connectivity index (χ1v) is 10.2. The van der Waals surface area contributed by atoms with Crippen LogP contribution in [0.1, 0.15) is 36.6 Å². The van der Waals surface area contributed by atoms with Crippen LogP contribution in [0.15, 0.2) is 58.5 Å². The number of likely N-dealkylation sites (tertiary alicyclic amines) is 1. The zero-order chi connectivity index (χ0) is 18.5. The molecule has 5 nitrogen and oxygen atoms in total. The molecule has 1 aliphatic heterocycles. The number of carbonyl (C=O) groups excluding carboxylic acids is 1. The maximum Gasteiger partial charge on any atom is 0.244 e. The number of amides is 1. The standard InChI is InChI=1S/C21H23N3O2S/c25-21(24-11-5-2-6-12-24)19(16-8-3-1-4-9-16)22-14-17-15-26-20(23-17)18-10-7-13-27-18/h1,3-4,7-10,13,15,19,22H,2,5-6,11-12,14H2/t19-/m1/s1. The van der Waals surface area contributed by atoms with Crippen molar-refractivity contribution in [2.45, 2.75) is 31.8 Å². The van der Waals surface area contributed by atoms with Gasteiger partial charge in [0.05, 0.1) is 10.6 Å². The second-order valence-corrected chi connectivity index (χ2v) is 7.68. The van der Waals surface area contributed by atoms with Gasteiger partial charge >= 0.3 is 0 Å². The molecule has 0 bridgehead atoms. The van der Waals surface area contributed by atoms with Crippen molar-refractivity contribution in [2.75, 3.05) is 13.1 Å². The van der Waals surface area contributed by atoms with Gasteiger partial charge in [-0.3, -0.25) is 10.1 Å². The molecule has 6 heteroatoms. The average molecular weight is 382 g/mol. The number of piperidine rings is 1. The number of oxazole rings is 1. The number of hydrogen-bond acceptors (Lipinski definition) is 5. The fraction of sp³-hybridized carbons (Fsp3) is 0.333. The molecule has 27 heavy (non-hydrogen) atoms. The first-order chi connectivity index (χ1) is 13.3. The van der Waals surface area contributed by atoms with E-state index in [2.05, 4.69) is 10.3 Å². The summed E-state index contributed by atoms with van der Waals surface area (Å²) in [5.41, 5.74) is 1.78. The molecule has 1 aliphatic rings. The molecule has 1 aromatic carbocycles. The lowest BCUT2D eigenvalue weighted by Gasteiger charge is -2.31. The van der Waals surface area contributed by atoms with Gasteiger partial charge in [0.25, 0.3) is 0 Å². The molecule has 1 atom stereocenters. The molecule has 3 aromatic rings. The fourth-order valence-electron chi connectivity index (χ4n) is 3.40. The maximum atomic E-state index is 13.1. The van der Waals surface area contributed by atoms with Crippen molar-refractivity contribution < 1.29 is 9.21 Å². The number of carbonyl (C=O) groups is 1. The van der Waals surface area contributed by atoms with Crippen LogP contribution in [-0.2, 0) is 11.3 Å². The maximum absolute atomic E-state index is 13.1. The lowest BCUT2D eigenvalue weighted by atomic mass is 10.0. The lowest BCUT2D eigenvalue weighted by molar-refractivity contribution is -0.134. The largest absolute Gasteiger partial charge is 0.444 e. The van der Waals surface area contributed by atoms with Crippen LogP contribution < -0.4 is 5.32 Å². The molecule has 1 N–H and O–H groups in total. The van der Waals surface area contributed by atoms with Crippen LogP contribution >= 0.6 is 11.3 Å². The van der Waals surface area contributed by atoms with Crippen LogP contribution in [0.3, 0.4) is 0 Å². The molecule has 2 aromatic heterocycles. The molecule has 0 spiro atoms. The SMILES string of the molecule is O=C([C@H](NCc1coc(-c2cccs2)n1)c1ccccc1)N1CCCCC1. The van der Waals surface area contributed by atoms with Gasteiger partial charge in [-0.15, -0.1) is 11.3 Å². The van der Waals surface area contributed by atoms with E-state index < -0.39 is 0 Å². The summed E-state index contributed by atoms with van der Waals surface area (Å²) in [7, 11) is 0. The Balaban J connectivity index is 1.48. The number of rotatable bonds is 6. The minimum Gasteiger partial charge on any atom is -0.444 e. The lowest BCUT2D eigenvalue weighted by Crippen LogP contribution is -2.43. The normalized spacial score (nSPS) is 15.6. The van der Waals surface area contributed by atoms with E-state index in [1.807, 2.05) is 52.7 Å². The van der Waals surface area contributed by atoms with E-state index in [-0.39, 0.29) is 11.9 Å². The van der Waals surface area contributed by atoms with Gasteiger partial charge in [0.1, 0.15) is 12.3 Å². The van der Waals surface area contributed by atoms with Crippen molar-refractivity contribution in [3.63, 3.8) is 0 Å². The number of aromatic nitrogens is 1. The Morgan fingerprint density at radius 2 is 1.96 bits per heavy atom. The number of hydrogen-bond donors (Lipinski definition) is 1. The van der Waals surface area contributed by atoms with Crippen molar-refractivity contribution in [3.8, 4) is 10.8 Å². The molecular formula is C21H23N3O2S. The Hall–Kier alpha value is -2.44. The quantitative estimate of drug-likeness (QED) is 0.694. The molecule has 140 valence electrons. The van der Waals surface area contributed by atoms with Gasteiger partial charge in [-0.25, -0.2) is 4.98 Å². The highest BCUT2D eigenvalue weighted by atomic mass is 32.1. The number of nitrogens with one attached hydrogen (secondary N) is 1. The van der Waals surface area contributed by atoms with E-state index in [0.717, 1.165) is 42.1 Å². The van der Waals surface area contributed by atoms with Gasteiger partial charge in [0, 0.05) is 19.6 Å². The van der Waals surface area contributed by atoms with Crippen LogP contribution in [0, 0.1) is 0 Å². The van der Waals surface area contributed by atoms with Gasteiger partial charge in [-0.05, 0) is 36.3 Å². The monoisotopic (exact) mass is 381 g/mol. The molecule has 3 heterocycles.